The van der Waals surface area contributed by atoms with Gasteiger partial charge in [-0.3, -0.25) is 9.78 Å². The lowest BCUT2D eigenvalue weighted by Crippen LogP contribution is -2.41. The summed E-state index contributed by atoms with van der Waals surface area (Å²) in [5.41, 5.74) is 0.499. The predicted molar refractivity (Wildman–Crippen MR) is 113 cm³/mol. The lowest BCUT2D eigenvalue weighted by atomic mass is 9.95. The van der Waals surface area contributed by atoms with Gasteiger partial charge in [-0.05, 0) is 48.9 Å². The maximum atomic E-state index is 13.0. The number of hydrogen-bond donors (Lipinski definition) is 1. The molecule has 0 saturated carbocycles. The van der Waals surface area contributed by atoms with Gasteiger partial charge in [0.25, 0.3) is 0 Å². The third-order valence-electron chi connectivity index (χ3n) is 5.50. The topological polar surface area (TPSA) is 45.2 Å². The molecule has 0 atom stereocenters. The number of carbonyl (C=O) groups excluding carboxylic acids is 1. The Morgan fingerprint density at radius 3 is 2.70 bits per heavy atom. The van der Waals surface area contributed by atoms with Crippen LogP contribution in [0.2, 0.25) is 0 Å². The van der Waals surface area contributed by atoms with Gasteiger partial charge in [0.05, 0.1) is 11.1 Å². The lowest BCUT2D eigenvalue weighted by Gasteiger charge is -2.33. The third-order valence-corrected chi connectivity index (χ3v) is 6.44. The van der Waals surface area contributed by atoms with Crippen LogP contribution in [0.25, 0.3) is 10.9 Å². The maximum Gasteiger partial charge on any atom is 0.416 e. The first-order valence-electron chi connectivity index (χ1n) is 9.93. The molecule has 4 rings (SSSR count). The van der Waals surface area contributed by atoms with Crippen molar-refractivity contribution < 1.29 is 18.0 Å². The van der Waals surface area contributed by atoms with Gasteiger partial charge in [-0.25, -0.2) is 0 Å². The Bertz CT molecular complexity index is 1010. The van der Waals surface area contributed by atoms with Crippen LogP contribution in [-0.4, -0.2) is 30.5 Å². The van der Waals surface area contributed by atoms with Crippen molar-refractivity contribution in [2.75, 3.05) is 24.5 Å². The number of piperidine rings is 1. The molecule has 30 heavy (non-hydrogen) atoms. The molecule has 0 bridgehead atoms. The number of nitrogens with one attached hydrogen (secondary N) is 1. The van der Waals surface area contributed by atoms with Gasteiger partial charge in [-0.1, -0.05) is 12.1 Å². The van der Waals surface area contributed by atoms with E-state index in [1.165, 1.54) is 10.9 Å². The Morgan fingerprint density at radius 2 is 2.00 bits per heavy atom. The monoisotopic (exact) mass is 433 g/mol. The van der Waals surface area contributed by atoms with E-state index in [0.717, 1.165) is 37.1 Å². The summed E-state index contributed by atoms with van der Waals surface area (Å²) in [5.74, 6) is 0.0510. The Kier molecular flexibility index (Phi) is 5.94. The fraction of sp³-hybridized carbons (Fsp3) is 0.364. The highest BCUT2D eigenvalue weighted by atomic mass is 32.1. The molecular weight excluding hydrogens is 411 g/mol. The average Bonchev–Trinajstić information content (AvgIpc) is 3.26. The molecule has 3 heterocycles. The van der Waals surface area contributed by atoms with E-state index in [1.807, 2.05) is 17.5 Å². The minimum Gasteiger partial charge on any atom is -0.371 e. The summed E-state index contributed by atoms with van der Waals surface area (Å²) in [4.78, 5) is 20.0. The van der Waals surface area contributed by atoms with Crippen LogP contribution in [0.1, 0.15) is 23.3 Å². The van der Waals surface area contributed by atoms with Crippen LogP contribution in [0.3, 0.4) is 0 Å². The van der Waals surface area contributed by atoms with Gasteiger partial charge in [0.1, 0.15) is 0 Å². The molecule has 2 aromatic heterocycles. The van der Waals surface area contributed by atoms with Crippen molar-refractivity contribution >= 4 is 33.8 Å². The number of halogens is 3. The van der Waals surface area contributed by atoms with Gasteiger partial charge in [0, 0.05) is 47.7 Å². The summed E-state index contributed by atoms with van der Waals surface area (Å²) in [6.45, 7) is 2.00. The second-order valence-electron chi connectivity index (χ2n) is 7.44. The number of anilines is 1. The largest absolute Gasteiger partial charge is 0.416 e. The van der Waals surface area contributed by atoms with Gasteiger partial charge in [0.15, 0.2) is 0 Å². The van der Waals surface area contributed by atoms with Crippen molar-refractivity contribution in [3.63, 3.8) is 0 Å². The smallest absolute Gasteiger partial charge is 0.371 e. The van der Waals surface area contributed by atoms with E-state index in [4.69, 9.17) is 0 Å². The minimum absolute atomic E-state index is 0.0329. The van der Waals surface area contributed by atoms with Crippen molar-refractivity contribution in [3.05, 3.63) is 58.4 Å². The molecule has 1 aliphatic rings. The van der Waals surface area contributed by atoms with E-state index < -0.39 is 11.7 Å². The molecule has 1 aliphatic heterocycles. The molecule has 1 amide bonds. The predicted octanol–water partition coefficient (Wildman–Crippen LogP) is 4.89. The van der Waals surface area contributed by atoms with Crippen molar-refractivity contribution in [1.82, 2.24) is 10.3 Å². The molecule has 1 N–H and O–H groups in total. The Balaban J connectivity index is 1.37. The van der Waals surface area contributed by atoms with Crippen molar-refractivity contribution in [2.24, 2.45) is 5.92 Å². The molecule has 0 spiro atoms. The number of nitrogens with zero attached hydrogens (tertiary/aromatic N) is 2. The van der Waals surface area contributed by atoms with Crippen molar-refractivity contribution in [1.29, 1.82) is 0 Å². The Morgan fingerprint density at radius 1 is 1.20 bits per heavy atom. The number of amides is 1. The van der Waals surface area contributed by atoms with Gasteiger partial charge in [-0.15, -0.1) is 11.3 Å². The molecule has 1 saturated heterocycles. The highest BCUT2D eigenvalue weighted by molar-refractivity contribution is 7.09. The van der Waals surface area contributed by atoms with Crippen LogP contribution in [0.15, 0.2) is 48.0 Å². The number of fused-ring (bicyclic) bond motifs is 1. The average molecular weight is 433 g/mol. The zero-order chi connectivity index (χ0) is 21.1. The van der Waals surface area contributed by atoms with Crippen LogP contribution < -0.4 is 10.2 Å². The van der Waals surface area contributed by atoms with Crippen molar-refractivity contribution in [3.8, 4) is 0 Å². The molecule has 0 radical (unpaired) electrons. The summed E-state index contributed by atoms with van der Waals surface area (Å²) in [7, 11) is 0. The van der Waals surface area contributed by atoms with Crippen LogP contribution in [-0.2, 0) is 17.4 Å². The lowest BCUT2D eigenvalue weighted by molar-refractivity contribution is -0.137. The number of thiophene rings is 1. The van der Waals surface area contributed by atoms with Crippen molar-refractivity contribution in [2.45, 2.75) is 25.4 Å². The molecule has 0 aliphatic carbocycles. The molecule has 1 fully saturated rings. The molecule has 3 aromatic rings. The van der Waals surface area contributed by atoms with Crippen LogP contribution in [0.4, 0.5) is 18.9 Å². The Hall–Kier alpha value is -2.61. The number of rotatable bonds is 5. The summed E-state index contributed by atoms with van der Waals surface area (Å²) in [5, 5.41) is 5.75. The van der Waals surface area contributed by atoms with E-state index in [0.29, 0.717) is 30.5 Å². The first kappa shape index (κ1) is 20.7. The number of hydrogen-bond acceptors (Lipinski definition) is 4. The fourth-order valence-corrected chi connectivity index (χ4v) is 4.58. The Labute approximate surface area is 176 Å². The van der Waals surface area contributed by atoms with Gasteiger partial charge in [-0.2, -0.15) is 13.2 Å². The summed E-state index contributed by atoms with van der Waals surface area (Å²) in [6.07, 6.45) is -0.571. The van der Waals surface area contributed by atoms with Crippen LogP contribution >= 0.6 is 11.3 Å². The van der Waals surface area contributed by atoms with E-state index in [-0.39, 0.29) is 11.8 Å². The molecular formula is C22H22F3N3OS. The second kappa shape index (κ2) is 8.63. The highest BCUT2D eigenvalue weighted by Gasteiger charge is 2.31. The summed E-state index contributed by atoms with van der Waals surface area (Å²) in [6, 6.07) is 9.57. The summed E-state index contributed by atoms with van der Waals surface area (Å²) >= 11 is 1.69. The normalized spacial score (nSPS) is 15.5. The minimum atomic E-state index is -4.39. The van der Waals surface area contributed by atoms with Gasteiger partial charge >= 0.3 is 6.18 Å². The number of benzene rings is 1. The second-order valence-corrected chi connectivity index (χ2v) is 8.47. The highest BCUT2D eigenvalue weighted by Crippen LogP contribution is 2.34. The quantitative estimate of drug-likeness (QED) is 0.623. The van der Waals surface area contributed by atoms with Gasteiger partial charge < -0.3 is 10.2 Å². The van der Waals surface area contributed by atoms with Crippen LogP contribution in [0.5, 0.6) is 0 Å². The van der Waals surface area contributed by atoms with E-state index >= 15 is 0 Å². The molecule has 1 aromatic carbocycles. The standard InChI is InChI=1S/C22H22F3N3OS/c23-22(24,25)16-3-4-18-19(14-16)26-10-6-20(18)28-11-7-15(8-12-28)21(29)27-9-5-17-2-1-13-30-17/h1-4,6,10,13-15H,5,7-9,11-12H2,(H,27,29). The molecule has 4 nitrogen and oxygen atoms in total. The number of aromatic nitrogens is 1. The molecule has 8 heteroatoms. The molecule has 158 valence electrons. The number of alkyl halides is 3. The SMILES string of the molecule is O=C(NCCc1cccs1)C1CCN(c2ccnc3cc(C(F)(F)F)ccc23)CC1. The fourth-order valence-electron chi connectivity index (χ4n) is 3.88. The van der Waals surface area contributed by atoms with E-state index in [9.17, 15) is 18.0 Å². The zero-order valence-electron chi connectivity index (χ0n) is 16.3. The third kappa shape index (κ3) is 4.59. The summed E-state index contributed by atoms with van der Waals surface area (Å²) < 4.78 is 38.9. The first-order chi connectivity index (χ1) is 14.4. The zero-order valence-corrected chi connectivity index (χ0v) is 17.1. The molecule has 0 unspecified atom stereocenters. The number of carbonyl (C=O) groups is 1. The number of pyridine rings is 1. The van der Waals surface area contributed by atoms with Crippen LogP contribution in [0, 0.1) is 5.92 Å². The maximum absolute atomic E-state index is 13.0. The van der Waals surface area contributed by atoms with Gasteiger partial charge in [0.2, 0.25) is 5.91 Å². The van der Waals surface area contributed by atoms with E-state index in [2.05, 4.69) is 21.3 Å². The first-order valence-corrected chi connectivity index (χ1v) is 10.8. The van der Waals surface area contributed by atoms with E-state index in [1.54, 1.807) is 17.5 Å².